The highest BCUT2D eigenvalue weighted by Gasteiger charge is 2.43. The van der Waals surface area contributed by atoms with Crippen LogP contribution in [0.2, 0.25) is 0 Å². The van der Waals surface area contributed by atoms with E-state index in [1.807, 2.05) is 6.92 Å². The summed E-state index contributed by atoms with van der Waals surface area (Å²) in [6.07, 6.45) is 0.0800. The molecule has 0 bridgehead atoms. The maximum absolute atomic E-state index is 11.0. The molecule has 3 atom stereocenters. The Morgan fingerprint density at radius 1 is 1.50 bits per heavy atom. The van der Waals surface area contributed by atoms with Gasteiger partial charge in [0.05, 0.1) is 17.4 Å². The van der Waals surface area contributed by atoms with E-state index in [9.17, 15) is 10.1 Å². The number of methoxy groups -OCH3 is 1. The van der Waals surface area contributed by atoms with Gasteiger partial charge < -0.3 is 14.2 Å². The molecule has 0 radical (unpaired) electrons. The molecule has 0 saturated heterocycles. The molecule has 0 N–H and O–H groups in total. The van der Waals surface area contributed by atoms with Crippen molar-refractivity contribution in [3.63, 3.8) is 0 Å². The van der Waals surface area contributed by atoms with Crippen molar-refractivity contribution in [1.29, 1.82) is 0 Å². The van der Waals surface area contributed by atoms with Gasteiger partial charge >= 0.3 is 5.69 Å². The summed E-state index contributed by atoms with van der Waals surface area (Å²) in [4.78, 5) is 10.5. The summed E-state index contributed by atoms with van der Waals surface area (Å²) < 4.78 is 16.2. The predicted molar refractivity (Wildman–Crippen MR) is 73.7 cm³/mol. The molecule has 0 aromatic heterocycles. The lowest BCUT2D eigenvalue weighted by Gasteiger charge is -2.40. The third kappa shape index (κ3) is 2.96. The number of halogens is 1. The number of nitro benzene ring substituents is 1. The highest BCUT2D eigenvalue weighted by Crippen LogP contribution is 2.37. The molecule has 1 aliphatic carbocycles. The van der Waals surface area contributed by atoms with E-state index in [-0.39, 0.29) is 29.0 Å². The van der Waals surface area contributed by atoms with Gasteiger partial charge in [0.15, 0.2) is 0 Å². The predicted octanol–water partition coefficient (Wildman–Crippen LogP) is 2.77. The van der Waals surface area contributed by atoms with Crippen molar-refractivity contribution < 1.29 is 19.1 Å². The fraction of sp³-hybridized carbons (Fsp3) is 0.538. The summed E-state index contributed by atoms with van der Waals surface area (Å²) in [6, 6.07) is 4.39. The molecule has 1 fully saturated rings. The third-order valence-corrected chi connectivity index (χ3v) is 3.61. The van der Waals surface area contributed by atoms with E-state index < -0.39 is 4.92 Å². The standard InChI is InChI=1S/C13H16ClNO5/c1-3-19-13-9(14)7-12(13)20-11-6-8(18-2)4-5-10(11)15(16)17/h4-6,9,12-13H,3,7H2,1-2H3. The lowest BCUT2D eigenvalue weighted by molar-refractivity contribution is -0.386. The first-order chi connectivity index (χ1) is 9.56. The van der Waals surface area contributed by atoms with Gasteiger partial charge in [0, 0.05) is 25.2 Å². The van der Waals surface area contributed by atoms with E-state index in [2.05, 4.69) is 0 Å². The van der Waals surface area contributed by atoms with Crippen molar-refractivity contribution >= 4 is 17.3 Å². The number of hydrogen-bond acceptors (Lipinski definition) is 5. The lowest BCUT2D eigenvalue weighted by Crippen LogP contribution is -2.52. The minimum atomic E-state index is -0.485. The summed E-state index contributed by atoms with van der Waals surface area (Å²) in [5.41, 5.74) is -0.0981. The second kappa shape index (κ2) is 6.28. The van der Waals surface area contributed by atoms with Gasteiger partial charge in [0.2, 0.25) is 5.75 Å². The van der Waals surface area contributed by atoms with Gasteiger partial charge in [-0.3, -0.25) is 10.1 Å². The average Bonchev–Trinajstić information content (AvgIpc) is 2.43. The molecule has 2 rings (SSSR count). The lowest BCUT2D eigenvalue weighted by atomic mass is 9.91. The zero-order valence-corrected chi connectivity index (χ0v) is 12.0. The summed E-state index contributed by atoms with van der Waals surface area (Å²) in [5, 5.41) is 10.9. The molecule has 1 aromatic carbocycles. The molecular weight excluding hydrogens is 286 g/mol. The van der Waals surface area contributed by atoms with Crippen molar-refractivity contribution in [3.05, 3.63) is 28.3 Å². The molecule has 0 heterocycles. The van der Waals surface area contributed by atoms with Crippen LogP contribution in [0.4, 0.5) is 5.69 Å². The smallest absolute Gasteiger partial charge is 0.311 e. The van der Waals surface area contributed by atoms with Crippen LogP contribution in [0.3, 0.4) is 0 Å². The maximum Gasteiger partial charge on any atom is 0.311 e. The van der Waals surface area contributed by atoms with Crippen molar-refractivity contribution in [2.45, 2.75) is 30.9 Å². The second-order valence-corrected chi connectivity index (χ2v) is 4.98. The molecule has 1 saturated carbocycles. The first-order valence-electron chi connectivity index (χ1n) is 6.31. The van der Waals surface area contributed by atoms with Crippen LogP contribution in [0.15, 0.2) is 18.2 Å². The van der Waals surface area contributed by atoms with Crippen molar-refractivity contribution in [1.82, 2.24) is 0 Å². The molecule has 6 nitrogen and oxygen atoms in total. The highest BCUT2D eigenvalue weighted by atomic mass is 35.5. The Morgan fingerprint density at radius 2 is 2.25 bits per heavy atom. The highest BCUT2D eigenvalue weighted by molar-refractivity contribution is 6.21. The molecule has 0 amide bonds. The first kappa shape index (κ1) is 14.9. The van der Waals surface area contributed by atoms with Crippen molar-refractivity contribution in [2.75, 3.05) is 13.7 Å². The Kier molecular flexibility index (Phi) is 4.67. The van der Waals surface area contributed by atoms with E-state index in [4.69, 9.17) is 25.8 Å². The number of alkyl halides is 1. The third-order valence-electron chi connectivity index (χ3n) is 3.18. The van der Waals surface area contributed by atoms with E-state index in [0.717, 1.165) is 0 Å². The largest absolute Gasteiger partial charge is 0.497 e. The van der Waals surface area contributed by atoms with Crippen LogP contribution in [0.5, 0.6) is 11.5 Å². The van der Waals surface area contributed by atoms with Gasteiger partial charge in [0.25, 0.3) is 0 Å². The monoisotopic (exact) mass is 301 g/mol. The number of benzene rings is 1. The van der Waals surface area contributed by atoms with Gasteiger partial charge in [0.1, 0.15) is 18.0 Å². The Balaban J connectivity index is 2.17. The summed E-state index contributed by atoms with van der Waals surface area (Å²) in [6.45, 7) is 2.39. The van der Waals surface area contributed by atoms with E-state index in [1.54, 1.807) is 0 Å². The number of ether oxygens (including phenoxy) is 3. The normalized spacial score (nSPS) is 24.9. The Morgan fingerprint density at radius 3 is 2.80 bits per heavy atom. The van der Waals surface area contributed by atoms with E-state index in [0.29, 0.717) is 18.8 Å². The molecule has 0 spiro atoms. The van der Waals surface area contributed by atoms with Crippen LogP contribution in [0.1, 0.15) is 13.3 Å². The Hall–Kier alpha value is -1.53. The molecule has 3 unspecified atom stereocenters. The summed E-state index contributed by atoms with van der Waals surface area (Å²) in [5.74, 6) is 0.674. The number of nitro groups is 1. The molecule has 1 aliphatic rings. The van der Waals surface area contributed by atoms with Crippen molar-refractivity contribution in [2.24, 2.45) is 0 Å². The zero-order valence-electron chi connectivity index (χ0n) is 11.2. The maximum atomic E-state index is 11.0. The van der Waals surface area contributed by atoms with Gasteiger partial charge in [-0.1, -0.05) is 0 Å². The van der Waals surface area contributed by atoms with Crippen LogP contribution < -0.4 is 9.47 Å². The quantitative estimate of drug-likeness (QED) is 0.459. The Labute approximate surface area is 121 Å². The fourth-order valence-corrected chi connectivity index (χ4v) is 2.49. The van der Waals surface area contributed by atoms with Gasteiger partial charge in [-0.25, -0.2) is 0 Å². The fourth-order valence-electron chi connectivity index (χ4n) is 2.08. The molecule has 7 heteroatoms. The van der Waals surface area contributed by atoms with Crippen LogP contribution >= 0.6 is 11.6 Å². The molecule has 110 valence electrons. The average molecular weight is 302 g/mol. The second-order valence-electron chi connectivity index (χ2n) is 4.42. The van der Waals surface area contributed by atoms with E-state index in [1.165, 1.54) is 25.3 Å². The van der Waals surface area contributed by atoms with Crippen LogP contribution in [-0.2, 0) is 4.74 Å². The molecule has 20 heavy (non-hydrogen) atoms. The molecule has 1 aromatic rings. The van der Waals surface area contributed by atoms with Crippen LogP contribution in [-0.4, -0.2) is 36.2 Å². The number of hydrogen-bond donors (Lipinski definition) is 0. The zero-order chi connectivity index (χ0) is 14.7. The van der Waals surface area contributed by atoms with Crippen molar-refractivity contribution in [3.8, 4) is 11.5 Å². The topological polar surface area (TPSA) is 70.8 Å². The molecule has 0 aliphatic heterocycles. The molecular formula is C13H16ClNO5. The summed E-state index contributed by atoms with van der Waals surface area (Å²) in [7, 11) is 1.49. The van der Waals surface area contributed by atoms with Gasteiger partial charge in [-0.05, 0) is 13.0 Å². The number of rotatable bonds is 6. The van der Waals surface area contributed by atoms with Gasteiger partial charge in [-0.15, -0.1) is 11.6 Å². The van der Waals surface area contributed by atoms with Crippen LogP contribution in [0, 0.1) is 10.1 Å². The van der Waals surface area contributed by atoms with Gasteiger partial charge in [-0.2, -0.15) is 0 Å². The summed E-state index contributed by atoms with van der Waals surface area (Å²) >= 11 is 6.05. The minimum absolute atomic E-state index is 0.0981. The number of nitrogens with zero attached hydrogens (tertiary/aromatic N) is 1. The SMILES string of the molecule is CCOC1C(Cl)CC1Oc1cc(OC)ccc1[N+](=O)[O-]. The Bertz CT molecular complexity index is 496. The van der Waals surface area contributed by atoms with E-state index >= 15 is 0 Å². The van der Waals surface area contributed by atoms with Crippen LogP contribution in [0.25, 0.3) is 0 Å². The minimum Gasteiger partial charge on any atom is -0.497 e. The first-order valence-corrected chi connectivity index (χ1v) is 6.75.